The van der Waals surface area contributed by atoms with E-state index in [-0.39, 0.29) is 12.7 Å². The van der Waals surface area contributed by atoms with Gasteiger partial charge in [-0.1, -0.05) is 30.3 Å². The molecule has 1 unspecified atom stereocenters. The van der Waals surface area contributed by atoms with Gasteiger partial charge in [-0.15, -0.1) is 11.6 Å². The average molecular weight is 216 g/mol. The molecule has 14 heavy (non-hydrogen) atoms. The summed E-state index contributed by atoms with van der Waals surface area (Å²) < 4.78 is 11.9. The van der Waals surface area contributed by atoms with Crippen LogP contribution >= 0.6 is 11.6 Å². The van der Waals surface area contributed by atoms with Crippen LogP contribution in [0.5, 0.6) is 0 Å². The van der Waals surface area contributed by atoms with Crippen LogP contribution in [0, 0.1) is 0 Å². The third-order valence-electron chi connectivity index (χ3n) is 2.04. The number of hydrogen-bond acceptors (Lipinski definition) is 1. The van der Waals surface area contributed by atoms with Crippen molar-refractivity contribution in [3.8, 4) is 0 Å². The Balaban J connectivity index is 2.40. The Bertz CT molecular complexity index is 240. The Hall–Kier alpha value is -0.600. The Morgan fingerprint density at radius 3 is 2.57 bits per heavy atom. The number of nitrogens with one attached hydrogen (secondary N) is 1. The van der Waals surface area contributed by atoms with Gasteiger partial charge < -0.3 is 5.32 Å². The zero-order valence-corrected chi connectivity index (χ0v) is 8.80. The summed E-state index contributed by atoms with van der Waals surface area (Å²) in [4.78, 5) is 0. The van der Waals surface area contributed by atoms with Gasteiger partial charge in [0.1, 0.15) is 6.67 Å². The van der Waals surface area contributed by atoms with Crippen molar-refractivity contribution in [2.24, 2.45) is 0 Å². The van der Waals surface area contributed by atoms with Gasteiger partial charge in [-0.2, -0.15) is 0 Å². The molecule has 0 aliphatic rings. The predicted molar refractivity (Wildman–Crippen MR) is 58.6 cm³/mol. The van der Waals surface area contributed by atoms with Gasteiger partial charge in [0.05, 0.1) is 0 Å². The Morgan fingerprint density at radius 2 is 2.00 bits per heavy atom. The molecule has 0 bridgehead atoms. The van der Waals surface area contributed by atoms with Crippen LogP contribution in [0.1, 0.15) is 5.56 Å². The molecule has 1 aromatic carbocycles. The first kappa shape index (κ1) is 11.5. The molecule has 0 fully saturated rings. The molecule has 0 amide bonds. The Kier molecular flexibility index (Phi) is 5.57. The van der Waals surface area contributed by atoms with Gasteiger partial charge in [-0.05, 0) is 12.0 Å². The third kappa shape index (κ3) is 4.07. The smallest absolute Gasteiger partial charge is 0.102 e. The van der Waals surface area contributed by atoms with E-state index in [0.717, 1.165) is 6.42 Å². The lowest BCUT2D eigenvalue weighted by Gasteiger charge is -2.14. The highest BCUT2D eigenvalue weighted by atomic mass is 35.5. The van der Waals surface area contributed by atoms with Crippen LogP contribution in [0.4, 0.5) is 4.39 Å². The molecule has 0 radical (unpaired) electrons. The minimum absolute atomic E-state index is 0.162. The van der Waals surface area contributed by atoms with Gasteiger partial charge >= 0.3 is 0 Å². The minimum atomic E-state index is -0.345. The standard InChI is InChI=1S/C11H15ClFN/c12-9-11(14-7-6-13)8-10-4-2-1-3-5-10/h1-5,11,14H,6-9H2. The molecule has 1 rings (SSSR count). The van der Waals surface area contributed by atoms with Crippen molar-refractivity contribution in [1.82, 2.24) is 5.32 Å². The van der Waals surface area contributed by atoms with E-state index >= 15 is 0 Å². The molecule has 0 saturated carbocycles. The first-order valence-electron chi connectivity index (χ1n) is 4.76. The van der Waals surface area contributed by atoms with Crippen molar-refractivity contribution in [3.05, 3.63) is 35.9 Å². The third-order valence-corrected chi connectivity index (χ3v) is 2.41. The van der Waals surface area contributed by atoms with E-state index < -0.39 is 0 Å². The molecule has 1 atom stereocenters. The maximum absolute atomic E-state index is 11.9. The van der Waals surface area contributed by atoms with E-state index in [1.54, 1.807) is 0 Å². The number of benzene rings is 1. The maximum Gasteiger partial charge on any atom is 0.102 e. The molecular weight excluding hydrogens is 201 g/mol. The van der Waals surface area contributed by atoms with Crippen molar-refractivity contribution < 1.29 is 4.39 Å². The van der Waals surface area contributed by atoms with Crippen molar-refractivity contribution in [2.75, 3.05) is 19.1 Å². The predicted octanol–water partition coefficient (Wildman–Crippen LogP) is 2.40. The highest BCUT2D eigenvalue weighted by Gasteiger charge is 2.06. The Labute approximate surface area is 89.3 Å². The van der Waals surface area contributed by atoms with Crippen LogP contribution < -0.4 is 5.32 Å². The molecule has 0 aliphatic heterocycles. The van der Waals surface area contributed by atoms with Crippen LogP contribution in [-0.4, -0.2) is 25.1 Å². The van der Waals surface area contributed by atoms with E-state index in [1.165, 1.54) is 5.56 Å². The summed E-state index contributed by atoms with van der Waals surface area (Å²) in [5.74, 6) is 0.509. The summed E-state index contributed by atoms with van der Waals surface area (Å²) in [6.45, 7) is 0.0341. The van der Waals surface area contributed by atoms with Gasteiger partial charge in [0.15, 0.2) is 0 Å². The SMILES string of the molecule is FCCNC(CCl)Cc1ccccc1. The minimum Gasteiger partial charge on any atom is -0.310 e. The molecular formula is C11H15ClFN. The van der Waals surface area contributed by atoms with Gasteiger partial charge in [-0.3, -0.25) is 0 Å². The second-order valence-corrected chi connectivity index (χ2v) is 3.49. The van der Waals surface area contributed by atoms with Crippen molar-refractivity contribution in [1.29, 1.82) is 0 Å². The monoisotopic (exact) mass is 215 g/mol. The molecule has 0 aliphatic carbocycles. The van der Waals surface area contributed by atoms with Crippen LogP contribution in [0.25, 0.3) is 0 Å². The molecule has 1 N–H and O–H groups in total. The van der Waals surface area contributed by atoms with Gasteiger partial charge in [0.2, 0.25) is 0 Å². The summed E-state index contributed by atoms with van der Waals surface area (Å²) >= 11 is 5.77. The lowest BCUT2D eigenvalue weighted by molar-refractivity contribution is 0.440. The molecule has 1 nitrogen and oxygen atoms in total. The highest BCUT2D eigenvalue weighted by Crippen LogP contribution is 2.04. The number of halogens is 2. The Morgan fingerprint density at radius 1 is 1.29 bits per heavy atom. The highest BCUT2D eigenvalue weighted by molar-refractivity contribution is 6.18. The zero-order chi connectivity index (χ0) is 10.2. The largest absolute Gasteiger partial charge is 0.310 e. The summed E-state index contributed by atoms with van der Waals surface area (Å²) in [5.41, 5.74) is 1.23. The van der Waals surface area contributed by atoms with E-state index in [0.29, 0.717) is 12.4 Å². The van der Waals surface area contributed by atoms with Crippen LogP contribution in [0.3, 0.4) is 0 Å². The lowest BCUT2D eigenvalue weighted by Crippen LogP contribution is -2.34. The van der Waals surface area contributed by atoms with E-state index in [2.05, 4.69) is 17.4 Å². The summed E-state index contributed by atoms with van der Waals surface area (Å²) in [6.07, 6.45) is 0.852. The summed E-state index contributed by atoms with van der Waals surface area (Å²) in [5, 5.41) is 3.06. The van der Waals surface area contributed by atoms with E-state index in [1.807, 2.05) is 18.2 Å². The molecule has 0 spiro atoms. The first-order valence-corrected chi connectivity index (χ1v) is 5.29. The average Bonchev–Trinajstić information content (AvgIpc) is 2.25. The second-order valence-electron chi connectivity index (χ2n) is 3.18. The van der Waals surface area contributed by atoms with Crippen molar-refractivity contribution in [3.63, 3.8) is 0 Å². The quantitative estimate of drug-likeness (QED) is 0.719. The molecule has 3 heteroatoms. The number of alkyl halides is 2. The van der Waals surface area contributed by atoms with Gasteiger partial charge in [0.25, 0.3) is 0 Å². The van der Waals surface area contributed by atoms with Crippen molar-refractivity contribution >= 4 is 11.6 Å². The van der Waals surface area contributed by atoms with Crippen LogP contribution in [0.15, 0.2) is 30.3 Å². The topological polar surface area (TPSA) is 12.0 Å². The van der Waals surface area contributed by atoms with Gasteiger partial charge in [-0.25, -0.2) is 4.39 Å². The fourth-order valence-corrected chi connectivity index (χ4v) is 1.56. The van der Waals surface area contributed by atoms with E-state index in [9.17, 15) is 4.39 Å². The molecule has 78 valence electrons. The van der Waals surface area contributed by atoms with Crippen molar-refractivity contribution in [2.45, 2.75) is 12.5 Å². The second kappa shape index (κ2) is 6.80. The molecule has 1 aromatic rings. The fourth-order valence-electron chi connectivity index (χ4n) is 1.34. The van der Waals surface area contributed by atoms with Crippen LogP contribution in [-0.2, 0) is 6.42 Å². The normalized spacial score (nSPS) is 12.7. The zero-order valence-electron chi connectivity index (χ0n) is 8.05. The lowest BCUT2D eigenvalue weighted by atomic mass is 10.1. The molecule has 0 aromatic heterocycles. The summed E-state index contributed by atoms with van der Waals surface area (Å²) in [7, 11) is 0. The van der Waals surface area contributed by atoms with Gasteiger partial charge in [0, 0.05) is 18.5 Å². The molecule has 0 saturated heterocycles. The first-order chi connectivity index (χ1) is 6.86. The summed E-state index contributed by atoms with van der Waals surface area (Å²) in [6, 6.07) is 10.2. The number of rotatable bonds is 6. The maximum atomic E-state index is 11.9. The van der Waals surface area contributed by atoms with Crippen LogP contribution in [0.2, 0.25) is 0 Å². The fraction of sp³-hybridized carbons (Fsp3) is 0.455. The number of hydrogen-bond donors (Lipinski definition) is 1. The molecule has 0 heterocycles. The van der Waals surface area contributed by atoms with E-state index in [4.69, 9.17) is 11.6 Å².